The summed E-state index contributed by atoms with van der Waals surface area (Å²) in [5.41, 5.74) is -0.797. The quantitative estimate of drug-likeness (QED) is 0.673. The average Bonchev–Trinajstić information content (AvgIpc) is 2.71. The van der Waals surface area contributed by atoms with Crippen LogP contribution in [-0.2, 0) is 11.0 Å². The van der Waals surface area contributed by atoms with Gasteiger partial charge in [0.15, 0.2) is 6.61 Å². The summed E-state index contributed by atoms with van der Waals surface area (Å²) in [6, 6.07) is 8.13. The molecule has 0 aliphatic carbocycles. The zero-order valence-corrected chi connectivity index (χ0v) is 16.3. The van der Waals surface area contributed by atoms with E-state index in [9.17, 15) is 27.2 Å². The van der Waals surface area contributed by atoms with Crippen molar-refractivity contribution in [2.45, 2.75) is 6.18 Å². The molecule has 2 amide bonds. The second kappa shape index (κ2) is 8.91. The minimum absolute atomic E-state index is 0.00441. The minimum Gasteiger partial charge on any atom is -0.483 e. The minimum atomic E-state index is -4.59. The Balaban J connectivity index is 1.55. The normalized spacial score (nSPS) is 14.6. The summed E-state index contributed by atoms with van der Waals surface area (Å²) in [4.78, 5) is 27.7. The third-order valence-electron chi connectivity index (χ3n) is 4.62. The van der Waals surface area contributed by atoms with Crippen molar-refractivity contribution in [1.82, 2.24) is 9.80 Å². The molecule has 0 saturated carbocycles. The largest absolute Gasteiger partial charge is 0.483 e. The number of rotatable bonds is 4. The van der Waals surface area contributed by atoms with Crippen LogP contribution in [0.4, 0.5) is 17.6 Å². The van der Waals surface area contributed by atoms with Crippen LogP contribution in [0.2, 0.25) is 5.02 Å². The van der Waals surface area contributed by atoms with Crippen LogP contribution in [0, 0.1) is 5.82 Å². The van der Waals surface area contributed by atoms with Crippen molar-refractivity contribution >= 4 is 23.4 Å². The lowest BCUT2D eigenvalue weighted by atomic mass is 10.1. The van der Waals surface area contributed by atoms with Crippen LogP contribution in [0.5, 0.6) is 5.75 Å². The lowest BCUT2D eigenvalue weighted by molar-refractivity contribution is -0.141. The Labute approximate surface area is 174 Å². The Morgan fingerprint density at radius 2 is 1.63 bits per heavy atom. The van der Waals surface area contributed by atoms with Gasteiger partial charge in [-0.05, 0) is 30.3 Å². The molecule has 1 heterocycles. The van der Waals surface area contributed by atoms with Crippen LogP contribution < -0.4 is 4.74 Å². The van der Waals surface area contributed by atoms with Gasteiger partial charge < -0.3 is 14.5 Å². The van der Waals surface area contributed by atoms with Gasteiger partial charge in [-0.1, -0.05) is 23.7 Å². The zero-order valence-electron chi connectivity index (χ0n) is 15.6. The number of piperazine rings is 1. The summed E-state index contributed by atoms with van der Waals surface area (Å²) in [6.07, 6.45) is -4.59. The summed E-state index contributed by atoms with van der Waals surface area (Å²) in [6.45, 7) is 0.237. The van der Waals surface area contributed by atoms with Crippen molar-refractivity contribution in [3.05, 3.63) is 64.4 Å². The van der Waals surface area contributed by atoms with E-state index in [1.807, 2.05) is 0 Å². The highest BCUT2D eigenvalue weighted by atomic mass is 35.5. The fourth-order valence-electron chi connectivity index (χ4n) is 3.05. The van der Waals surface area contributed by atoms with E-state index in [1.165, 1.54) is 28.0 Å². The Kier molecular flexibility index (Phi) is 6.50. The number of amides is 2. The highest BCUT2D eigenvalue weighted by Gasteiger charge is 2.34. The number of alkyl halides is 3. The maximum atomic E-state index is 13.2. The highest BCUT2D eigenvalue weighted by molar-refractivity contribution is 6.33. The second-order valence-corrected chi connectivity index (χ2v) is 6.99. The van der Waals surface area contributed by atoms with E-state index < -0.39 is 35.8 Å². The Morgan fingerprint density at radius 1 is 1.00 bits per heavy atom. The smallest absolute Gasteiger partial charge is 0.419 e. The van der Waals surface area contributed by atoms with Crippen molar-refractivity contribution < 1.29 is 31.9 Å². The van der Waals surface area contributed by atoms with Gasteiger partial charge in [-0.2, -0.15) is 13.2 Å². The Hall–Kier alpha value is -2.81. The van der Waals surface area contributed by atoms with E-state index in [-0.39, 0.29) is 42.7 Å². The number of carbonyl (C=O) groups is 2. The third kappa shape index (κ3) is 5.02. The number of hydrogen-bond acceptors (Lipinski definition) is 3. The Morgan fingerprint density at radius 3 is 2.27 bits per heavy atom. The van der Waals surface area contributed by atoms with Crippen molar-refractivity contribution in [2.75, 3.05) is 32.8 Å². The third-order valence-corrected chi connectivity index (χ3v) is 4.94. The van der Waals surface area contributed by atoms with E-state index in [0.29, 0.717) is 0 Å². The predicted molar refractivity (Wildman–Crippen MR) is 101 cm³/mol. The van der Waals surface area contributed by atoms with Crippen LogP contribution in [0.3, 0.4) is 0 Å². The molecule has 1 saturated heterocycles. The van der Waals surface area contributed by atoms with Crippen LogP contribution in [0.25, 0.3) is 0 Å². The maximum Gasteiger partial charge on any atom is 0.419 e. The van der Waals surface area contributed by atoms with Gasteiger partial charge in [0.2, 0.25) is 0 Å². The van der Waals surface area contributed by atoms with Crippen molar-refractivity contribution in [1.29, 1.82) is 0 Å². The van der Waals surface area contributed by atoms with Crippen molar-refractivity contribution in [3.63, 3.8) is 0 Å². The van der Waals surface area contributed by atoms with Crippen molar-refractivity contribution in [3.8, 4) is 5.75 Å². The van der Waals surface area contributed by atoms with Gasteiger partial charge in [0.1, 0.15) is 11.6 Å². The molecule has 0 bridgehead atoms. The molecule has 0 atom stereocenters. The molecule has 2 aromatic carbocycles. The van der Waals surface area contributed by atoms with Crippen molar-refractivity contribution in [2.24, 2.45) is 0 Å². The number of halogens is 5. The van der Waals surface area contributed by atoms with Crippen LogP contribution in [-0.4, -0.2) is 54.4 Å². The molecule has 30 heavy (non-hydrogen) atoms. The van der Waals surface area contributed by atoms with Crippen LogP contribution >= 0.6 is 11.6 Å². The lowest BCUT2D eigenvalue weighted by Gasteiger charge is -2.35. The molecule has 1 aliphatic heterocycles. The number of nitrogens with zero attached hydrogens (tertiary/aromatic N) is 2. The first-order valence-corrected chi connectivity index (χ1v) is 9.35. The predicted octanol–water partition coefficient (Wildman–Crippen LogP) is 3.86. The molecule has 0 unspecified atom stereocenters. The van der Waals surface area contributed by atoms with E-state index in [4.69, 9.17) is 16.3 Å². The zero-order chi connectivity index (χ0) is 21.9. The molecule has 10 heteroatoms. The Bertz CT molecular complexity index is 944. The summed E-state index contributed by atoms with van der Waals surface area (Å²) < 4.78 is 57.2. The molecule has 160 valence electrons. The molecule has 0 aromatic heterocycles. The average molecular weight is 445 g/mol. The first kappa shape index (κ1) is 21.9. The summed E-state index contributed by atoms with van der Waals surface area (Å²) >= 11 is 5.92. The van der Waals surface area contributed by atoms with Gasteiger partial charge in [-0.3, -0.25) is 9.59 Å². The van der Waals surface area contributed by atoms with E-state index in [2.05, 4.69) is 0 Å². The summed E-state index contributed by atoms with van der Waals surface area (Å²) in [5.74, 6) is -1.85. The highest BCUT2D eigenvalue weighted by Crippen LogP contribution is 2.35. The van der Waals surface area contributed by atoms with E-state index in [1.54, 1.807) is 0 Å². The molecule has 0 radical (unpaired) electrons. The van der Waals surface area contributed by atoms with E-state index >= 15 is 0 Å². The number of carbonyl (C=O) groups excluding carboxylic acids is 2. The first-order valence-electron chi connectivity index (χ1n) is 8.98. The van der Waals surface area contributed by atoms with Gasteiger partial charge in [-0.15, -0.1) is 0 Å². The molecule has 2 aromatic rings. The first-order chi connectivity index (χ1) is 14.2. The van der Waals surface area contributed by atoms with Gasteiger partial charge in [0.25, 0.3) is 11.8 Å². The number of hydrogen-bond donors (Lipinski definition) is 0. The molecular formula is C20H17ClF4N2O3. The SMILES string of the molecule is O=C(COc1ccccc1C(F)(F)F)N1CCN(C(=O)c2ccc(F)cc2Cl)CC1. The number of benzene rings is 2. The molecule has 0 spiro atoms. The van der Waals surface area contributed by atoms with Gasteiger partial charge >= 0.3 is 6.18 Å². The molecule has 3 rings (SSSR count). The number of ether oxygens (including phenoxy) is 1. The molecule has 1 aliphatic rings. The maximum absolute atomic E-state index is 13.2. The monoisotopic (exact) mass is 444 g/mol. The van der Waals surface area contributed by atoms with E-state index in [0.717, 1.165) is 24.3 Å². The molecule has 1 fully saturated rings. The lowest BCUT2D eigenvalue weighted by Crippen LogP contribution is -2.51. The number of para-hydroxylation sites is 1. The second-order valence-electron chi connectivity index (χ2n) is 6.58. The summed E-state index contributed by atoms with van der Waals surface area (Å²) in [5, 5.41) is -0.00441. The molecule has 5 nitrogen and oxygen atoms in total. The van der Waals surface area contributed by atoms with Crippen LogP contribution in [0.1, 0.15) is 15.9 Å². The van der Waals surface area contributed by atoms with Gasteiger partial charge in [0, 0.05) is 26.2 Å². The van der Waals surface area contributed by atoms with Gasteiger partial charge in [-0.25, -0.2) is 4.39 Å². The molecular weight excluding hydrogens is 428 g/mol. The fraction of sp³-hybridized carbons (Fsp3) is 0.300. The fourth-order valence-corrected chi connectivity index (χ4v) is 3.30. The van der Waals surface area contributed by atoms with Gasteiger partial charge in [0.05, 0.1) is 16.1 Å². The standard InChI is InChI=1S/C20H17ClF4N2O3/c21-16-11-13(22)5-6-14(16)19(29)27-9-7-26(8-10-27)18(28)12-30-17-4-2-1-3-15(17)20(23,24)25/h1-6,11H,7-10,12H2. The topological polar surface area (TPSA) is 49.9 Å². The summed E-state index contributed by atoms with van der Waals surface area (Å²) in [7, 11) is 0. The molecule has 0 N–H and O–H groups in total. The van der Waals surface area contributed by atoms with Crippen LogP contribution in [0.15, 0.2) is 42.5 Å².